The third-order valence-electron chi connectivity index (χ3n) is 3.75. The van der Waals surface area contributed by atoms with Crippen LogP contribution in [0.15, 0.2) is 24.3 Å². The Morgan fingerprint density at radius 2 is 2.00 bits per heavy atom. The van der Waals surface area contributed by atoms with Crippen LogP contribution in [0.4, 0.5) is 10.2 Å². The number of amides is 1. The van der Waals surface area contributed by atoms with Crippen molar-refractivity contribution in [3.05, 3.63) is 47.2 Å². The molecule has 1 atom stereocenters. The highest BCUT2D eigenvalue weighted by atomic mass is 19.1. The summed E-state index contributed by atoms with van der Waals surface area (Å²) in [7, 11) is 1.43. The second-order valence-electron chi connectivity index (χ2n) is 5.23. The van der Waals surface area contributed by atoms with Crippen LogP contribution in [0.2, 0.25) is 0 Å². The fraction of sp³-hybridized carbons (Fsp3) is 0.200. The van der Waals surface area contributed by atoms with Gasteiger partial charge in [0.05, 0.1) is 0 Å². The molecule has 3 rings (SSSR count). The van der Waals surface area contributed by atoms with Crippen LogP contribution in [0.3, 0.4) is 0 Å². The van der Waals surface area contributed by atoms with Crippen molar-refractivity contribution in [3.63, 3.8) is 0 Å². The van der Waals surface area contributed by atoms with Crippen molar-refractivity contribution in [3.8, 4) is 0 Å². The van der Waals surface area contributed by atoms with Crippen LogP contribution in [0.25, 0.3) is 0 Å². The Morgan fingerprint density at radius 3 is 2.61 bits per heavy atom. The first-order chi connectivity index (χ1) is 10.9. The Labute approximate surface area is 129 Å². The summed E-state index contributed by atoms with van der Waals surface area (Å²) in [5, 5.41) is 8.96. The van der Waals surface area contributed by atoms with Gasteiger partial charge in [-0.15, -0.1) is 0 Å². The zero-order valence-electron chi connectivity index (χ0n) is 12.0. The van der Waals surface area contributed by atoms with Gasteiger partial charge in [0, 0.05) is 7.05 Å². The number of carboxylic acid groups (broad SMARTS) is 1. The SMILES string of the molecule is CN1C(=O)C(Cc2ccc(F)cc2)C(=O)c2[nH]c(C(=O)O)nc21. The van der Waals surface area contributed by atoms with Crippen molar-refractivity contribution in [1.82, 2.24) is 9.97 Å². The van der Waals surface area contributed by atoms with E-state index in [1.807, 2.05) is 0 Å². The van der Waals surface area contributed by atoms with E-state index in [1.165, 1.54) is 31.3 Å². The quantitative estimate of drug-likeness (QED) is 0.830. The molecule has 1 aromatic heterocycles. The Balaban J connectivity index is 1.96. The molecule has 1 aliphatic rings. The van der Waals surface area contributed by atoms with Gasteiger partial charge in [-0.1, -0.05) is 12.1 Å². The predicted octanol–water partition coefficient (Wildman–Crippen LogP) is 1.26. The molecule has 7 nitrogen and oxygen atoms in total. The molecule has 0 spiro atoms. The maximum absolute atomic E-state index is 12.9. The molecule has 2 aromatic rings. The van der Waals surface area contributed by atoms with Crippen LogP contribution in [0.5, 0.6) is 0 Å². The lowest BCUT2D eigenvalue weighted by Crippen LogP contribution is -2.43. The van der Waals surface area contributed by atoms with Crippen LogP contribution in [0, 0.1) is 11.7 Å². The zero-order valence-corrected chi connectivity index (χ0v) is 12.0. The van der Waals surface area contributed by atoms with Crippen LogP contribution >= 0.6 is 0 Å². The monoisotopic (exact) mass is 317 g/mol. The van der Waals surface area contributed by atoms with Crippen LogP contribution in [0.1, 0.15) is 26.7 Å². The first-order valence-corrected chi connectivity index (χ1v) is 6.78. The average Bonchev–Trinajstić information content (AvgIpc) is 2.97. The number of halogens is 1. The van der Waals surface area contributed by atoms with Crippen molar-refractivity contribution in [2.45, 2.75) is 6.42 Å². The van der Waals surface area contributed by atoms with Gasteiger partial charge in [0.1, 0.15) is 17.4 Å². The molecule has 0 saturated carbocycles. The molecule has 23 heavy (non-hydrogen) atoms. The number of carbonyl (C=O) groups is 3. The number of ketones is 1. The van der Waals surface area contributed by atoms with Gasteiger partial charge < -0.3 is 10.1 Å². The number of aromatic amines is 1. The summed E-state index contributed by atoms with van der Waals surface area (Å²) < 4.78 is 12.9. The Kier molecular flexibility index (Phi) is 3.44. The number of aromatic carboxylic acids is 1. The number of nitrogens with one attached hydrogen (secondary N) is 1. The fourth-order valence-corrected chi connectivity index (χ4v) is 2.54. The third kappa shape index (κ3) is 2.48. The van der Waals surface area contributed by atoms with E-state index in [0.29, 0.717) is 5.56 Å². The highest BCUT2D eigenvalue weighted by Gasteiger charge is 2.40. The lowest BCUT2D eigenvalue weighted by atomic mass is 9.89. The van der Waals surface area contributed by atoms with Crippen molar-refractivity contribution >= 4 is 23.5 Å². The smallest absolute Gasteiger partial charge is 0.371 e. The summed E-state index contributed by atoms with van der Waals surface area (Å²) in [6.07, 6.45) is 0.100. The molecule has 2 heterocycles. The number of carboxylic acids is 1. The molecule has 118 valence electrons. The number of aromatic nitrogens is 2. The highest BCUT2D eigenvalue weighted by Crippen LogP contribution is 2.29. The van der Waals surface area contributed by atoms with Crippen LogP contribution in [-0.4, -0.2) is 39.8 Å². The summed E-state index contributed by atoms with van der Waals surface area (Å²) in [5.41, 5.74) is 0.629. The third-order valence-corrected chi connectivity index (χ3v) is 3.75. The normalized spacial score (nSPS) is 17.3. The first kappa shape index (κ1) is 14.9. The first-order valence-electron chi connectivity index (χ1n) is 6.78. The second kappa shape index (κ2) is 5.31. The van der Waals surface area contributed by atoms with E-state index in [1.54, 1.807) is 0 Å². The molecule has 1 aliphatic heterocycles. The fourth-order valence-electron chi connectivity index (χ4n) is 2.54. The number of benzene rings is 1. The molecule has 2 N–H and O–H groups in total. The van der Waals surface area contributed by atoms with Crippen molar-refractivity contribution in [1.29, 1.82) is 0 Å². The highest BCUT2D eigenvalue weighted by molar-refractivity contribution is 6.20. The summed E-state index contributed by atoms with van der Waals surface area (Å²) in [5.74, 6) is -4.11. The minimum Gasteiger partial charge on any atom is -0.475 e. The van der Waals surface area contributed by atoms with Crippen molar-refractivity contribution in [2.24, 2.45) is 5.92 Å². The average molecular weight is 317 g/mol. The van der Waals surface area contributed by atoms with Gasteiger partial charge in [0.25, 0.3) is 0 Å². The molecule has 8 heteroatoms. The molecule has 0 aliphatic carbocycles. The molecule has 0 bridgehead atoms. The molecular weight excluding hydrogens is 305 g/mol. The minimum absolute atomic E-state index is 0.00314. The van der Waals surface area contributed by atoms with Crippen molar-refractivity contribution in [2.75, 3.05) is 11.9 Å². The lowest BCUT2D eigenvalue weighted by molar-refractivity contribution is -0.121. The number of H-pyrrole nitrogens is 1. The maximum atomic E-state index is 12.9. The van der Waals surface area contributed by atoms with E-state index < -0.39 is 35.2 Å². The number of imidazole rings is 1. The van der Waals surface area contributed by atoms with Gasteiger partial charge >= 0.3 is 5.97 Å². The summed E-state index contributed by atoms with van der Waals surface area (Å²) in [4.78, 5) is 43.2. The number of nitrogens with zero attached hydrogens (tertiary/aromatic N) is 2. The number of rotatable bonds is 3. The van der Waals surface area contributed by atoms with E-state index in [0.717, 1.165) is 4.90 Å². The van der Waals surface area contributed by atoms with Gasteiger partial charge in [-0.3, -0.25) is 14.5 Å². The number of Topliss-reactive ketones (excluding diaryl/α,β-unsaturated/α-hetero) is 1. The Morgan fingerprint density at radius 1 is 1.35 bits per heavy atom. The van der Waals surface area contributed by atoms with Gasteiger partial charge in [0.15, 0.2) is 11.6 Å². The number of hydrogen-bond donors (Lipinski definition) is 2. The van der Waals surface area contributed by atoms with Gasteiger partial charge in [-0.25, -0.2) is 14.2 Å². The predicted molar refractivity (Wildman–Crippen MR) is 76.9 cm³/mol. The molecule has 1 amide bonds. The number of carbonyl (C=O) groups excluding carboxylic acids is 2. The molecular formula is C15H12FN3O4. The van der Waals surface area contributed by atoms with E-state index >= 15 is 0 Å². The molecule has 0 radical (unpaired) electrons. The number of anilines is 1. The molecule has 1 aromatic carbocycles. The molecule has 1 unspecified atom stereocenters. The van der Waals surface area contributed by atoms with E-state index in [4.69, 9.17) is 5.11 Å². The number of hydrogen-bond acceptors (Lipinski definition) is 4. The Hall–Kier alpha value is -3.03. The minimum atomic E-state index is -1.32. The second-order valence-corrected chi connectivity index (χ2v) is 5.23. The largest absolute Gasteiger partial charge is 0.475 e. The Bertz CT molecular complexity index is 813. The molecule has 0 fully saturated rings. The topological polar surface area (TPSA) is 103 Å². The standard InChI is InChI=1S/C15H12FN3O4/c1-19-13-10(17-12(18-13)15(22)23)11(20)9(14(19)21)6-7-2-4-8(16)5-3-7/h2-5,9H,6H2,1H3,(H,17,18)(H,22,23). The van der Waals surface area contributed by atoms with Crippen LogP contribution < -0.4 is 4.90 Å². The van der Waals surface area contributed by atoms with Gasteiger partial charge in [0.2, 0.25) is 11.7 Å². The van der Waals surface area contributed by atoms with E-state index in [2.05, 4.69) is 9.97 Å². The van der Waals surface area contributed by atoms with Crippen molar-refractivity contribution < 1.29 is 23.9 Å². The molecule has 0 saturated heterocycles. The van der Waals surface area contributed by atoms with Gasteiger partial charge in [-0.05, 0) is 24.1 Å². The summed E-state index contributed by atoms with van der Waals surface area (Å²) in [6.45, 7) is 0. The van der Waals surface area contributed by atoms with E-state index in [9.17, 15) is 18.8 Å². The summed E-state index contributed by atoms with van der Waals surface area (Å²) in [6, 6.07) is 5.50. The maximum Gasteiger partial charge on any atom is 0.371 e. The lowest BCUT2D eigenvalue weighted by Gasteiger charge is -2.26. The number of fused-ring (bicyclic) bond motifs is 1. The summed E-state index contributed by atoms with van der Waals surface area (Å²) >= 11 is 0. The van der Waals surface area contributed by atoms with Crippen LogP contribution in [-0.2, 0) is 11.2 Å². The van der Waals surface area contributed by atoms with E-state index in [-0.39, 0.29) is 17.9 Å². The van der Waals surface area contributed by atoms with Gasteiger partial charge in [-0.2, -0.15) is 0 Å². The zero-order chi connectivity index (χ0) is 16.7.